The largest absolute Gasteiger partial charge is 0.355 e. The van der Waals surface area contributed by atoms with Gasteiger partial charge < -0.3 is 10.2 Å². The zero-order valence-electron chi connectivity index (χ0n) is 12.5. The predicted octanol–water partition coefficient (Wildman–Crippen LogP) is 1.43. The number of aryl methyl sites for hydroxylation is 1. The van der Waals surface area contributed by atoms with Gasteiger partial charge in [-0.25, -0.2) is 15.0 Å². The van der Waals surface area contributed by atoms with Crippen molar-refractivity contribution in [2.75, 3.05) is 24.5 Å². The van der Waals surface area contributed by atoms with E-state index in [1.54, 1.807) is 29.8 Å². The van der Waals surface area contributed by atoms with Gasteiger partial charge in [-0.1, -0.05) is 0 Å². The molecule has 22 heavy (non-hydrogen) atoms. The zero-order valence-corrected chi connectivity index (χ0v) is 13.3. The van der Waals surface area contributed by atoms with Crippen molar-refractivity contribution in [1.29, 1.82) is 0 Å². The van der Waals surface area contributed by atoms with Crippen LogP contribution < -0.4 is 10.2 Å². The minimum Gasteiger partial charge on any atom is -0.355 e. The number of carbonyl (C=O) groups is 1. The first-order chi connectivity index (χ1) is 10.7. The van der Waals surface area contributed by atoms with E-state index in [2.05, 4.69) is 25.2 Å². The molecule has 3 heterocycles. The number of thiazole rings is 1. The summed E-state index contributed by atoms with van der Waals surface area (Å²) in [4.78, 5) is 28.3. The van der Waals surface area contributed by atoms with E-state index in [1.165, 1.54) is 4.88 Å². The standard InChI is InChI=1S/C15H19N5OS/c1-11-9-19-13(22-11)3-7-16-14(21)12-4-8-20(10-12)15-17-5-2-6-18-15/h2,5-6,9,12H,3-4,7-8,10H2,1H3,(H,16,21)/t12-/m1/s1. The molecular formula is C15H19N5OS. The van der Waals surface area contributed by atoms with Gasteiger partial charge >= 0.3 is 0 Å². The van der Waals surface area contributed by atoms with Crippen LogP contribution in [0.2, 0.25) is 0 Å². The average molecular weight is 317 g/mol. The van der Waals surface area contributed by atoms with Gasteiger partial charge in [0, 0.05) is 49.5 Å². The van der Waals surface area contributed by atoms with E-state index in [-0.39, 0.29) is 11.8 Å². The highest BCUT2D eigenvalue weighted by Crippen LogP contribution is 2.20. The molecule has 6 nitrogen and oxygen atoms in total. The van der Waals surface area contributed by atoms with E-state index in [9.17, 15) is 4.79 Å². The number of nitrogens with one attached hydrogen (secondary N) is 1. The fourth-order valence-electron chi connectivity index (χ4n) is 2.56. The number of rotatable bonds is 5. The van der Waals surface area contributed by atoms with Crippen molar-refractivity contribution in [1.82, 2.24) is 20.3 Å². The SMILES string of the molecule is Cc1cnc(CCNC(=O)[C@@H]2CCN(c3ncccn3)C2)s1. The second-order valence-corrected chi connectivity index (χ2v) is 6.71. The zero-order chi connectivity index (χ0) is 15.4. The van der Waals surface area contributed by atoms with Crippen LogP contribution in [0.25, 0.3) is 0 Å². The molecule has 116 valence electrons. The van der Waals surface area contributed by atoms with Gasteiger partial charge in [-0.05, 0) is 19.4 Å². The first kappa shape index (κ1) is 14.9. The van der Waals surface area contributed by atoms with Gasteiger partial charge in [0.05, 0.1) is 10.9 Å². The van der Waals surface area contributed by atoms with Gasteiger partial charge in [0.2, 0.25) is 11.9 Å². The summed E-state index contributed by atoms with van der Waals surface area (Å²) in [7, 11) is 0. The Balaban J connectivity index is 1.45. The van der Waals surface area contributed by atoms with Gasteiger partial charge in [-0.15, -0.1) is 11.3 Å². The molecule has 2 aromatic heterocycles. The maximum Gasteiger partial charge on any atom is 0.225 e. The summed E-state index contributed by atoms with van der Waals surface area (Å²) < 4.78 is 0. The molecule has 0 aromatic carbocycles. The summed E-state index contributed by atoms with van der Waals surface area (Å²) >= 11 is 1.68. The van der Waals surface area contributed by atoms with Crippen molar-refractivity contribution in [3.05, 3.63) is 34.5 Å². The molecule has 1 fully saturated rings. The lowest BCUT2D eigenvalue weighted by molar-refractivity contribution is -0.124. The fraction of sp³-hybridized carbons (Fsp3) is 0.467. The minimum absolute atomic E-state index is 0.0156. The molecule has 2 aromatic rings. The lowest BCUT2D eigenvalue weighted by Gasteiger charge is -2.15. The summed E-state index contributed by atoms with van der Waals surface area (Å²) in [6, 6.07) is 1.80. The van der Waals surface area contributed by atoms with E-state index in [4.69, 9.17) is 0 Å². The molecule has 1 amide bonds. The van der Waals surface area contributed by atoms with E-state index in [0.717, 1.165) is 24.4 Å². The minimum atomic E-state index is 0.0156. The number of aromatic nitrogens is 3. The normalized spacial score (nSPS) is 17.7. The second kappa shape index (κ2) is 6.83. The molecule has 1 saturated heterocycles. The highest BCUT2D eigenvalue weighted by Gasteiger charge is 2.29. The average Bonchev–Trinajstić information content (AvgIpc) is 3.17. The highest BCUT2D eigenvalue weighted by molar-refractivity contribution is 7.11. The van der Waals surface area contributed by atoms with E-state index < -0.39 is 0 Å². The molecule has 0 spiro atoms. The molecule has 1 aliphatic rings. The Kier molecular flexibility index (Phi) is 4.62. The van der Waals surface area contributed by atoms with Crippen LogP contribution in [0.4, 0.5) is 5.95 Å². The fourth-order valence-corrected chi connectivity index (χ4v) is 3.35. The van der Waals surface area contributed by atoms with Gasteiger partial charge in [0.25, 0.3) is 0 Å². The summed E-state index contributed by atoms with van der Waals surface area (Å²) in [6.07, 6.45) is 6.97. The maximum absolute atomic E-state index is 12.2. The number of hydrogen-bond donors (Lipinski definition) is 1. The maximum atomic E-state index is 12.2. The number of amides is 1. The quantitative estimate of drug-likeness (QED) is 0.903. The number of anilines is 1. The topological polar surface area (TPSA) is 71.0 Å². The van der Waals surface area contributed by atoms with Gasteiger partial charge in [0.15, 0.2) is 0 Å². The molecule has 1 aliphatic heterocycles. The lowest BCUT2D eigenvalue weighted by Crippen LogP contribution is -2.34. The Bertz CT molecular complexity index is 630. The molecular weight excluding hydrogens is 298 g/mol. The third-order valence-electron chi connectivity index (χ3n) is 3.70. The monoisotopic (exact) mass is 317 g/mol. The van der Waals surface area contributed by atoms with Crippen LogP contribution >= 0.6 is 11.3 Å². The van der Waals surface area contributed by atoms with Crippen LogP contribution in [0.15, 0.2) is 24.7 Å². The molecule has 7 heteroatoms. The molecule has 3 rings (SSSR count). The summed E-state index contributed by atoms with van der Waals surface area (Å²) in [5.41, 5.74) is 0. The van der Waals surface area contributed by atoms with Gasteiger partial charge in [-0.2, -0.15) is 0 Å². The van der Waals surface area contributed by atoms with E-state index in [1.807, 2.05) is 13.1 Å². The van der Waals surface area contributed by atoms with Crippen LogP contribution in [-0.2, 0) is 11.2 Å². The van der Waals surface area contributed by atoms with Crippen molar-refractivity contribution >= 4 is 23.2 Å². The van der Waals surface area contributed by atoms with E-state index in [0.29, 0.717) is 19.0 Å². The van der Waals surface area contributed by atoms with Crippen molar-refractivity contribution in [3.8, 4) is 0 Å². The Morgan fingerprint density at radius 3 is 2.95 bits per heavy atom. The third-order valence-corrected chi connectivity index (χ3v) is 4.67. The second-order valence-electron chi connectivity index (χ2n) is 5.39. The highest BCUT2D eigenvalue weighted by atomic mass is 32.1. The first-order valence-electron chi connectivity index (χ1n) is 7.43. The molecule has 1 atom stereocenters. The van der Waals surface area contributed by atoms with Crippen molar-refractivity contribution in [2.24, 2.45) is 5.92 Å². The molecule has 0 radical (unpaired) electrons. The van der Waals surface area contributed by atoms with Crippen LogP contribution in [0.5, 0.6) is 0 Å². The molecule has 0 aliphatic carbocycles. The van der Waals surface area contributed by atoms with Gasteiger partial charge in [0.1, 0.15) is 0 Å². The van der Waals surface area contributed by atoms with Crippen LogP contribution in [0.1, 0.15) is 16.3 Å². The molecule has 0 saturated carbocycles. The molecule has 1 N–H and O–H groups in total. The van der Waals surface area contributed by atoms with Crippen LogP contribution in [0.3, 0.4) is 0 Å². The Labute approximate surface area is 133 Å². The van der Waals surface area contributed by atoms with Crippen molar-refractivity contribution in [2.45, 2.75) is 19.8 Å². The first-order valence-corrected chi connectivity index (χ1v) is 8.25. The lowest BCUT2D eigenvalue weighted by atomic mass is 10.1. The smallest absolute Gasteiger partial charge is 0.225 e. The Morgan fingerprint density at radius 1 is 1.41 bits per heavy atom. The summed E-state index contributed by atoms with van der Waals surface area (Å²) in [6.45, 7) is 4.20. The number of hydrogen-bond acceptors (Lipinski definition) is 6. The van der Waals surface area contributed by atoms with Gasteiger partial charge in [-0.3, -0.25) is 4.79 Å². The summed E-state index contributed by atoms with van der Waals surface area (Å²) in [5.74, 6) is 0.838. The van der Waals surface area contributed by atoms with Crippen LogP contribution in [-0.4, -0.2) is 40.5 Å². The third kappa shape index (κ3) is 3.59. The predicted molar refractivity (Wildman–Crippen MR) is 85.9 cm³/mol. The summed E-state index contributed by atoms with van der Waals surface area (Å²) in [5, 5.41) is 4.09. The van der Waals surface area contributed by atoms with Crippen LogP contribution in [0, 0.1) is 12.8 Å². The number of nitrogens with zero attached hydrogens (tertiary/aromatic N) is 4. The Hall–Kier alpha value is -2.02. The molecule has 0 unspecified atom stereocenters. The van der Waals surface area contributed by atoms with Crippen molar-refractivity contribution < 1.29 is 4.79 Å². The number of carbonyl (C=O) groups excluding carboxylic acids is 1. The van der Waals surface area contributed by atoms with E-state index >= 15 is 0 Å². The Morgan fingerprint density at radius 2 is 2.23 bits per heavy atom. The van der Waals surface area contributed by atoms with Crippen molar-refractivity contribution in [3.63, 3.8) is 0 Å². The molecule has 0 bridgehead atoms.